The fraction of sp³-hybridized carbons (Fsp3) is 0.231. The fourth-order valence-electron chi connectivity index (χ4n) is 3.87. The first-order valence-electron chi connectivity index (χ1n) is 11.3. The van der Waals surface area contributed by atoms with Gasteiger partial charge < -0.3 is 9.88 Å². The number of aromatic nitrogens is 2. The van der Waals surface area contributed by atoms with Crippen LogP contribution >= 0.6 is 0 Å². The summed E-state index contributed by atoms with van der Waals surface area (Å²) >= 11 is 0. The number of carbonyl (C=O) groups is 1. The van der Waals surface area contributed by atoms with Crippen LogP contribution in [0.3, 0.4) is 0 Å². The number of benzene rings is 3. The van der Waals surface area contributed by atoms with Gasteiger partial charge >= 0.3 is 0 Å². The quantitative estimate of drug-likeness (QED) is 0.407. The van der Waals surface area contributed by atoms with Crippen molar-refractivity contribution in [2.45, 2.75) is 43.8 Å². The number of imidazole rings is 1. The smallest absolute Gasteiger partial charge is 0.251 e. The van der Waals surface area contributed by atoms with Crippen LogP contribution in [0.4, 0.5) is 0 Å². The number of sulfonamides is 1. The number of nitrogens with zero attached hydrogens (tertiary/aromatic N) is 2. The van der Waals surface area contributed by atoms with Crippen molar-refractivity contribution in [2.24, 2.45) is 0 Å². The molecule has 1 saturated carbocycles. The van der Waals surface area contributed by atoms with Crippen LogP contribution in [-0.2, 0) is 23.1 Å². The van der Waals surface area contributed by atoms with Crippen molar-refractivity contribution in [3.8, 4) is 0 Å². The van der Waals surface area contributed by atoms with E-state index in [2.05, 4.69) is 25.7 Å². The van der Waals surface area contributed by atoms with Gasteiger partial charge in [-0.2, -0.15) is 0 Å². The van der Waals surface area contributed by atoms with Gasteiger partial charge in [-0.05, 0) is 60.7 Å². The van der Waals surface area contributed by atoms with Gasteiger partial charge in [0.25, 0.3) is 5.91 Å². The third kappa shape index (κ3) is 4.88. The zero-order valence-electron chi connectivity index (χ0n) is 18.9. The number of aryl methyl sites for hydroxylation is 1. The van der Waals surface area contributed by atoms with Crippen molar-refractivity contribution in [3.63, 3.8) is 0 Å². The van der Waals surface area contributed by atoms with Crippen molar-refractivity contribution in [2.75, 3.05) is 0 Å². The van der Waals surface area contributed by atoms with E-state index in [0.717, 1.165) is 40.6 Å². The first kappa shape index (κ1) is 22.3. The maximum absolute atomic E-state index is 12.8. The molecular formula is C26H26N4O3S. The Kier molecular flexibility index (Phi) is 5.93. The van der Waals surface area contributed by atoms with Gasteiger partial charge in [-0.1, -0.05) is 42.5 Å². The number of amides is 1. The second-order valence-corrected chi connectivity index (χ2v) is 10.4. The first-order valence-corrected chi connectivity index (χ1v) is 12.8. The van der Waals surface area contributed by atoms with Crippen LogP contribution in [0.25, 0.3) is 11.0 Å². The second-order valence-electron chi connectivity index (χ2n) is 8.73. The van der Waals surface area contributed by atoms with Gasteiger partial charge in [0.15, 0.2) is 0 Å². The molecule has 7 nitrogen and oxygen atoms in total. The molecule has 1 aliphatic rings. The van der Waals surface area contributed by atoms with E-state index in [1.807, 2.05) is 48.8 Å². The summed E-state index contributed by atoms with van der Waals surface area (Å²) in [6.07, 6.45) is 3.56. The molecule has 8 heteroatoms. The van der Waals surface area contributed by atoms with Gasteiger partial charge in [0, 0.05) is 24.7 Å². The molecule has 0 bridgehead atoms. The maximum atomic E-state index is 12.8. The van der Waals surface area contributed by atoms with Gasteiger partial charge in [-0.3, -0.25) is 4.79 Å². The van der Waals surface area contributed by atoms with Crippen LogP contribution in [0.15, 0.2) is 78.0 Å². The molecule has 174 valence electrons. The predicted octanol–water partition coefficient (Wildman–Crippen LogP) is 3.76. The Morgan fingerprint density at radius 1 is 1.03 bits per heavy atom. The van der Waals surface area contributed by atoms with Gasteiger partial charge in [-0.25, -0.2) is 18.1 Å². The second kappa shape index (κ2) is 9.04. The third-order valence-corrected chi connectivity index (χ3v) is 7.54. The molecule has 1 fully saturated rings. The Hall–Kier alpha value is -3.49. The lowest BCUT2D eigenvalue weighted by Gasteiger charge is -2.11. The van der Waals surface area contributed by atoms with Crippen LogP contribution < -0.4 is 10.0 Å². The highest BCUT2D eigenvalue weighted by Gasteiger charge is 2.28. The number of hydrogen-bond donors (Lipinski definition) is 2. The monoisotopic (exact) mass is 474 g/mol. The lowest BCUT2D eigenvalue weighted by Crippen LogP contribution is -2.27. The molecule has 0 atom stereocenters. The summed E-state index contributed by atoms with van der Waals surface area (Å²) < 4.78 is 29.8. The van der Waals surface area contributed by atoms with Gasteiger partial charge in [0.05, 0.1) is 22.3 Å². The zero-order chi connectivity index (χ0) is 23.7. The van der Waals surface area contributed by atoms with Crippen LogP contribution in [-0.4, -0.2) is 29.9 Å². The summed E-state index contributed by atoms with van der Waals surface area (Å²) in [6, 6.07) is 20.8. The molecule has 2 N–H and O–H groups in total. The van der Waals surface area contributed by atoms with Crippen LogP contribution in [0.2, 0.25) is 0 Å². The summed E-state index contributed by atoms with van der Waals surface area (Å²) in [5.74, 6) is -0.296. The highest BCUT2D eigenvalue weighted by molar-refractivity contribution is 7.89. The zero-order valence-corrected chi connectivity index (χ0v) is 19.7. The van der Waals surface area contributed by atoms with Crippen LogP contribution in [0.1, 0.15) is 39.9 Å². The lowest BCUT2D eigenvalue weighted by atomic mass is 10.1. The minimum atomic E-state index is -3.61. The Morgan fingerprint density at radius 3 is 2.53 bits per heavy atom. The maximum Gasteiger partial charge on any atom is 0.251 e. The highest BCUT2D eigenvalue weighted by Crippen LogP contribution is 2.23. The molecule has 0 radical (unpaired) electrons. The van der Waals surface area contributed by atoms with Crippen molar-refractivity contribution in [1.29, 1.82) is 0 Å². The van der Waals surface area contributed by atoms with E-state index in [9.17, 15) is 13.2 Å². The average Bonchev–Trinajstić information content (AvgIpc) is 3.55. The highest BCUT2D eigenvalue weighted by atomic mass is 32.2. The standard InChI is InChI=1S/C26H26N4O3S/c1-18-6-13-22(34(32,33)29-21-11-12-21)14-23(18)26(31)27-15-19-7-9-20(10-8-19)16-30-17-28-24-4-2-3-5-25(24)30/h2-10,13-14,17,21,29H,11-12,15-16H2,1H3,(H,27,31). The van der Waals surface area contributed by atoms with Crippen molar-refractivity contribution < 1.29 is 13.2 Å². The first-order chi connectivity index (χ1) is 16.4. The van der Waals surface area contributed by atoms with Gasteiger partial charge in [-0.15, -0.1) is 0 Å². The molecule has 1 aliphatic carbocycles. The minimum Gasteiger partial charge on any atom is -0.348 e. The molecular weight excluding hydrogens is 448 g/mol. The molecule has 1 amide bonds. The molecule has 34 heavy (non-hydrogen) atoms. The Labute approximate surface area is 198 Å². The van der Waals surface area contributed by atoms with Crippen molar-refractivity contribution in [3.05, 3.63) is 95.3 Å². The number of rotatable bonds is 8. The number of carbonyl (C=O) groups excluding carboxylic acids is 1. The van der Waals surface area contributed by atoms with Crippen LogP contribution in [0.5, 0.6) is 0 Å². The predicted molar refractivity (Wildman–Crippen MR) is 131 cm³/mol. The fourth-order valence-corrected chi connectivity index (χ4v) is 5.21. The Morgan fingerprint density at radius 2 is 1.76 bits per heavy atom. The van der Waals surface area contributed by atoms with E-state index in [1.165, 1.54) is 6.07 Å². The number of para-hydroxylation sites is 2. The van der Waals surface area contributed by atoms with Crippen molar-refractivity contribution in [1.82, 2.24) is 19.6 Å². The summed E-state index contributed by atoms with van der Waals surface area (Å²) in [7, 11) is -3.61. The van der Waals surface area contributed by atoms with E-state index in [1.54, 1.807) is 19.1 Å². The normalized spacial score (nSPS) is 13.8. The van der Waals surface area contributed by atoms with E-state index in [0.29, 0.717) is 18.7 Å². The molecule has 0 saturated heterocycles. The summed E-state index contributed by atoms with van der Waals surface area (Å²) in [5.41, 5.74) is 5.25. The van der Waals surface area contributed by atoms with E-state index >= 15 is 0 Å². The summed E-state index contributed by atoms with van der Waals surface area (Å²) in [4.78, 5) is 17.4. The minimum absolute atomic E-state index is 0.0130. The molecule has 1 heterocycles. The summed E-state index contributed by atoms with van der Waals surface area (Å²) in [6.45, 7) is 2.86. The molecule has 3 aromatic carbocycles. The molecule has 0 unspecified atom stereocenters. The van der Waals surface area contributed by atoms with Gasteiger partial charge in [0.1, 0.15) is 0 Å². The third-order valence-electron chi connectivity index (χ3n) is 6.02. The largest absolute Gasteiger partial charge is 0.348 e. The van der Waals surface area contributed by atoms with E-state index in [-0.39, 0.29) is 16.8 Å². The van der Waals surface area contributed by atoms with E-state index < -0.39 is 10.0 Å². The topological polar surface area (TPSA) is 93.1 Å². The lowest BCUT2D eigenvalue weighted by molar-refractivity contribution is 0.0950. The number of fused-ring (bicyclic) bond motifs is 1. The number of hydrogen-bond acceptors (Lipinski definition) is 4. The van der Waals surface area contributed by atoms with Gasteiger partial charge in [0.2, 0.25) is 10.0 Å². The SMILES string of the molecule is Cc1ccc(S(=O)(=O)NC2CC2)cc1C(=O)NCc1ccc(Cn2cnc3ccccc32)cc1. The Balaban J connectivity index is 1.23. The average molecular weight is 475 g/mol. The van der Waals surface area contributed by atoms with E-state index in [4.69, 9.17) is 0 Å². The summed E-state index contributed by atoms with van der Waals surface area (Å²) in [5, 5.41) is 2.91. The number of nitrogens with one attached hydrogen (secondary N) is 2. The molecule has 4 aromatic rings. The molecule has 5 rings (SSSR count). The molecule has 0 spiro atoms. The van der Waals surface area contributed by atoms with Crippen molar-refractivity contribution >= 4 is 27.0 Å². The molecule has 0 aliphatic heterocycles. The molecule has 1 aromatic heterocycles. The van der Waals surface area contributed by atoms with Crippen LogP contribution in [0, 0.1) is 6.92 Å². The Bertz CT molecular complexity index is 1460.